The molecule has 146 valence electrons. The van der Waals surface area contributed by atoms with Crippen molar-refractivity contribution >= 4 is 23.9 Å². The van der Waals surface area contributed by atoms with Gasteiger partial charge in [-0.3, -0.25) is 14.4 Å². The van der Waals surface area contributed by atoms with Crippen molar-refractivity contribution in [1.29, 1.82) is 0 Å². The van der Waals surface area contributed by atoms with Gasteiger partial charge in [-0.15, -0.1) is 0 Å². The molecule has 0 spiro atoms. The van der Waals surface area contributed by atoms with Crippen LogP contribution in [0.15, 0.2) is 0 Å². The standard InChI is InChI=1S/C17H27N3O6/c1-11(16(23)24)19-15(22)13-7-4-10-20(13)14(21)8-9-18-17(25)26-12-5-2-3-6-12/h11-13H,2-10H2,1H3,(H,18,25)(H,19,22)(H,23,24)/t11-,13?/m1/s1. The Morgan fingerprint density at radius 3 is 2.50 bits per heavy atom. The van der Waals surface area contributed by atoms with Gasteiger partial charge in [0, 0.05) is 19.5 Å². The van der Waals surface area contributed by atoms with E-state index in [2.05, 4.69) is 10.6 Å². The molecule has 1 aliphatic heterocycles. The van der Waals surface area contributed by atoms with E-state index in [0.717, 1.165) is 25.7 Å². The van der Waals surface area contributed by atoms with E-state index in [9.17, 15) is 19.2 Å². The van der Waals surface area contributed by atoms with Gasteiger partial charge >= 0.3 is 12.1 Å². The fourth-order valence-corrected chi connectivity index (χ4v) is 3.32. The summed E-state index contributed by atoms with van der Waals surface area (Å²) < 4.78 is 5.25. The highest BCUT2D eigenvalue weighted by molar-refractivity contribution is 5.90. The summed E-state index contributed by atoms with van der Waals surface area (Å²) in [5.74, 6) is -1.83. The number of carboxylic acids is 1. The minimum atomic E-state index is -1.13. The van der Waals surface area contributed by atoms with Crippen molar-refractivity contribution < 1.29 is 29.0 Å². The van der Waals surface area contributed by atoms with E-state index in [4.69, 9.17) is 9.84 Å². The summed E-state index contributed by atoms with van der Waals surface area (Å²) >= 11 is 0. The third kappa shape index (κ3) is 5.60. The number of aliphatic carboxylic acids is 1. The van der Waals surface area contributed by atoms with E-state index in [1.807, 2.05) is 0 Å². The van der Waals surface area contributed by atoms with Crippen molar-refractivity contribution in [2.45, 2.75) is 70.1 Å². The molecule has 1 saturated carbocycles. The molecule has 1 heterocycles. The zero-order valence-electron chi connectivity index (χ0n) is 15.0. The number of carbonyl (C=O) groups is 4. The van der Waals surface area contributed by atoms with Crippen LogP contribution in [0.1, 0.15) is 51.9 Å². The van der Waals surface area contributed by atoms with Crippen LogP contribution in [-0.2, 0) is 19.1 Å². The van der Waals surface area contributed by atoms with E-state index in [-0.39, 0.29) is 25.0 Å². The maximum atomic E-state index is 12.3. The van der Waals surface area contributed by atoms with Crippen LogP contribution >= 0.6 is 0 Å². The van der Waals surface area contributed by atoms with E-state index < -0.39 is 30.1 Å². The molecule has 1 saturated heterocycles. The van der Waals surface area contributed by atoms with E-state index >= 15 is 0 Å². The summed E-state index contributed by atoms with van der Waals surface area (Å²) in [7, 11) is 0. The lowest BCUT2D eigenvalue weighted by atomic mass is 10.2. The van der Waals surface area contributed by atoms with Crippen LogP contribution in [0.5, 0.6) is 0 Å². The molecule has 2 rings (SSSR count). The Kier molecular flexibility index (Phi) is 7.23. The highest BCUT2D eigenvalue weighted by Gasteiger charge is 2.34. The third-order valence-corrected chi connectivity index (χ3v) is 4.79. The van der Waals surface area contributed by atoms with Crippen molar-refractivity contribution in [2.75, 3.05) is 13.1 Å². The Morgan fingerprint density at radius 1 is 1.15 bits per heavy atom. The van der Waals surface area contributed by atoms with Crippen molar-refractivity contribution in [3.05, 3.63) is 0 Å². The van der Waals surface area contributed by atoms with Crippen LogP contribution in [0.25, 0.3) is 0 Å². The molecule has 3 amide bonds. The van der Waals surface area contributed by atoms with E-state index in [1.165, 1.54) is 11.8 Å². The molecule has 2 fully saturated rings. The summed E-state index contributed by atoms with van der Waals surface area (Å²) in [6.45, 7) is 1.97. The molecule has 0 aromatic carbocycles. The molecule has 1 aliphatic carbocycles. The number of amides is 3. The molecule has 0 radical (unpaired) electrons. The second kappa shape index (κ2) is 9.40. The minimum Gasteiger partial charge on any atom is -0.480 e. The van der Waals surface area contributed by atoms with Crippen LogP contribution < -0.4 is 10.6 Å². The van der Waals surface area contributed by atoms with Gasteiger partial charge in [-0.25, -0.2) is 4.79 Å². The quantitative estimate of drug-likeness (QED) is 0.604. The van der Waals surface area contributed by atoms with Crippen LogP contribution in [-0.4, -0.2) is 65.2 Å². The number of hydrogen-bond donors (Lipinski definition) is 3. The zero-order valence-corrected chi connectivity index (χ0v) is 15.0. The Labute approximate surface area is 152 Å². The van der Waals surface area contributed by atoms with Crippen LogP contribution in [0.3, 0.4) is 0 Å². The third-order valence-electron chi connectivity index (χ3n) is 4.79. The van der Waals surface area contributed by atoms with Gasteiger partial charge in [0.1, 0.15) is 18.2 Å². The molecule has 9 nitrogen and oxygen atoms in total. The van der Waals surface area contributed by atoms with Gasteiger partial charge in [0.2, 0.25) is 11.8 Å². The molecule has 9 heteroatoms. The maximum absolute atomic E-state index is 12.3. The zero-order chi connectivity index (χ0) is 19.1. The Bertz CT molecular complexity index is 547. The average Bonchev–Trinajstić information content (AvgIpc) is 3.25. The largest absolute Gasteiger partial charge is 0.480 e. The predicted molar refractivity (Wildman–Crippen MR) is 91.3 cm³/mol. The first-order chi connectivity index (χ1) is 12.4. The molecule has 0 aromatic rings. The predicted octanol–water partition coefficient (Wildman–Crippen LogP) is 0.626. The lowest BCUT2D eigenvalue weighted by Gasteiger charge is -2.25. The number of carbonyl (C=O) groups excluding carboxylic acids is 3. The van der Waals surface area contributed by atoms with Crippen molar-refractivity contribution in [1.82, 2.24) is 15.5 Å². The highest BCUT2D eigenvalue weighted by Crippen LogP contribution is 2.21. The molecular formula is C17H27N3O6. The molecule has 1 unspecified atom stereocenters. The number of nitrogens with one attached hydrogen (secondary N) is 2. The van der Waals surface area contributed by atoms with Gasteiger partial charge < -0.3 is 25.4 Å². The smallest absolute Gasteiger partial charge is 0.407 e. The number of carboxylic acid groups (broad SMARTS) is 1. The van der Waals surface area contributed by atoms with Crippen LogP contribution in [0, 0.1) is 0 Å². The lowest BCUT2D eigenvalue weighted by molar-refractivity contribution is -0.143. The SMILES string of the molecule is C[C@@H](NC(=O)C1CCCN1C(=O)CCNC(=O)OC1CCCC1)C(=O)O. The van der Waals surface area contributed by atoms with Gasteiger partial charge in [-0.2, -0.15) is 0 Å². The lowest BCUT2D eigenvalue weighted by Crippen LogP contribution is -2.50. The Hall–Kier alpha value is -2.32. The highest BCUT2D eigenvalue weighted by atomic mass is 16.6. The monoisotopic (exact) mass is 369 g/mol. The molecular weight excluding hydrogens is 342 g/mol. The molecule has 26 heavy (non-hydrogen) atoms. The van der Waals surface area contributed by atoms with Crippen molar-refractivity contribution in [3.8, 4) is 0 Å². The molecule has 0 aromatic heterocycles. The maximum Gasteiger partial charge on any atom is 0.407 e. The summed E-state index contributed by atoms with van der Waals surface area (Å²) in [5, 5.41) is 13.8. The summed E-state index contributed by atoms with van der Waals surface area (Å²) in [6, 6.07) is -1.66. The van der Waals surface area contributed by atoms with E-state index in [0.29, 0.717) is 19.4 Å². The first-order valence-corrected chi connectivity index (χ1v) is 9.15. The van der Waals surface area contributed by atoms with Crippen LogP contribution in [0.4, 0.5) is 4.79 Å². The number of rotatable bonds is 7. The summed E-state index contributed by atoms with van der Waals surface area (Å²) in [6.07, 6.45) is 4.59. The number of alkyl carbamates (subject to hydrolysis) is 1. The normalized spacial score (nSPS) is 21.3. The van der Waals surface area contributed by atoms with Gasteiger partial charge in [0.05, 0.1) is 0 Å². The summed E-state index contributed by atoms with van der Waals surface area (Å²) in [5.41, 5.74) is 0. The minimum absolute atomic E-state index is 0.0337. The molecule has 2 atom stereocenters. The number of ether oxygens (including phenoxy) is 1. The summed E-state index contributed by atoms with van der Waals surface area (Å²) in [4.78, 5) is 48.5. The fourth-order valence-electron chi connectivity index (χ4n) is 3.32. The number of likely N-dealkylation sites (tertiary alicyclic amines) is 1. The first kappa shape index (κ1) is 20.0. The van der Waals surface area contributed by atoms with Gasteiger partial charge in [-0.1, -0.05) is 0 Å². The molecule has 0 bridgehead atoms. The number of hydrogen-bond acceptors (Lipinski definition) is 5. The van der Waals surface area contributed by atoms with Crippen molar-refractivity contribution in [2.24, 2.45) is 0 Å². The second-order valence-electron chi connectivity index (χ2n) is 6.80. The van der Waals surface area contributed by atoms with Crippen LogP contribution in [0.2, 0.25) is 0 Å². The second-order valence-corrected chi connectivity index (χ2v) is 6.80. The van der Waals surface area contributed by atoms with Gasteiger partial charge in [0.15, 0.2) is 0 Å². The molecule has 3 N–H and O–H groups in total. The Balaban J connectivity index is 1.73. The topological polar surface area (TPSA) is 125 Å². The van der Waals surface area contributed by atoms with Crippen molar-refractivity contribution in [3.63, 3.8) is 0 Å². The Morgan fingerprint density at radius 2 is 1.85 bits per heavy atom. The fraction of sp³-hybridized carbons (Fsp3) is 0.765. The molecule has 2 aliphatic rings. The van der Waals surface area contributed by atoms with Gasteiger partial charge in [-0.05, 0) is 45.4 Å². The van der Waals surface area contributed by atoms with Gasteiger partial charge in [0.25, 0.3) is 0 Å². The number of nitrogens with zero attached hydrogens (tertiary/aromatic N) is 1. The van der Waals surface area contributed by atoms with E-state index in [1.54, 1.807) is 0 Å². The first-order valence-electron chi connectivity index (χ1n) is 9.15. The average molecular weight is 369 g/mol.